The Hall–Kier alpha value is -2.25. The van der Waals surface area contributed by atoms with Crippen molar-refractivity contribution in [3.63, 3.8) is 0 Å². The quantitative estimate of drug-likeness (QED) is 0.837. The SMILES string of the molecule is CC(c1nnnn1C(C)(C)C(=O)O)n1cccn1. The van der Waals surface area contributed by atoms with Crippen LogP contribution in [0.5, 0.6) is 0 Å². The van der Waals surface area contributed by atoms with Crippen LogP contribution in [0.1, 0.15) is 32.6 Å². The summed E-state index contributed by atoms with van der Waals surface area (Å²) < 4.78 is 2.97. The fourth-order valence-corrected chi connectivity index (χ4v) is 1.57. The van der Waals surface area contributed by atoms with E-state index in [1.807, 2.05) is 6.92 Å². The molecule has 0 aliphatic rings. The fraction of sp³-hybridized carbons (Fsp3) is 0.500. The number of carbonyl (C=O) groups is 1. The highest BCUT2D eigenvalue weighted by Crippen LogP contribution is 2.21. The standard InChI is InChI=1S/C10H14N6O2/c1-7(15-6-4-5-11-15)8-12-13-14-16(8)10(2,3)9(17)18/h4-7H,1-3H3,(H,17,18). The van der Waals surface area contributed by atoms with E-state index in [2.05, 4.69) is 20.6 Å². The second-order valence-electron chi connectivity index (χ2n) is 4.48. The molecule has 1 atom stereocenters. The Balaban J connectivity index is 2.43. The molecule has 2 rings (SSSR count). The maximum Gasteiger partial charge on any atom is 0.331 e. The summed E-state index contributed by atoms with van der Waals surface area (Å²) in [4.78, 5) is 11.2. The second kappa shape index (κ2) is 4.21. The van der Waals surface area contributed by atoms with Crippen LogP contribution < -0.4 is 0 Å². The van der Waals surface area contributed by atoms with Crippen molar-refractivity contribution >= 4 is 5.97 Å². The van der Waals surface area contributed by atoms with Gasteiger partial charge in [0.2, 0.25) is 0 Å². The number of hydrogen-bond donors (Lipinski definition) is 1. The van der Waals surface area contributed by atoms with Gasteiger partial charge in [0.05, 0.1) is 0 Å². The topological polar surface area (TPSA) is 98.7 Å². The first-order chi connectivity index (χ1) is 8.44. The molecule has 0 aliphatic heterocycles. The van der Waals surface area contributed by atoms with Crippen LogP contribution in [0.15, 0.2) is 18.5 Å². The van der Waals surface area contributed by atoms with Gasteiger partial charge in [0.25, 0.3) is 0 Å². The second-order valence-corrected chi connectivity index (χ2v) is 4.48. The third-order valence-electron chi connectivity index (χ3n) is 2.84. The van der Waals surface area contributed by atoms with Crippen molar-refractivity contribution in [3.05, 3.63) is 24.3 Å². The Labute approximate surface area is 103 Å². The lowest BCUT2D eigenvalue weighted by molar-refractivity contribution is -0.146. The number of nitrogens with zero attached hydrogens (tertiary/aromatic N) is 6. The van der Waals surface area contributed by atoms with Gasteiger partial charge in [-0.15, -0.1) is 5.10 Å². The van der Waals surface area contributed by atoms with E-state index in [4.69, 9.17) is 0 Å². The highest BCUT2D eigenvalue weighted by molar-refractivity contribution is 5.75. The Morgan fingerprint density at radius 2 is 2.22 bits per heavy atom. The van der Waals surface area contributed by atoms with Crippen LogP contribution >= 0.6 is 0 Å². The third-order valence-corrected chi connectivity index (χ3v) is 2.84. The van der Waals surface area contributed by atoms with E-state index in [9.17, 15) is 9.90 Å². The van der Waals surface area contributed by atoms with Gasteiger partial charge in [-0.25, -0.2) is 9.48 Å². The molecule has 0 saturated carbocycles. The lowest BCUT2D eigenvalue weighted by Crippen LogP contribution is -2.38. The number of carboxylic acids is 1. The van der Waals surface area contributed by atoms with Gasteiger partial charge in [-0.05, 0) is 37.3 Å². The van der Waals surface area contributed by atoms with Gasteiger partial charge < -0.3 is 5.11 Å². The number of rotatable bonds is 4. The van der Waals surface area contributed by atoms with E-state index < -0.39 is 11.5 Å². The van der Waals surface area contributed by atoms with Gasteiger partial charge in [0.15, 0.2) is 11.4 Å². The zero-order valence-corrected chi connectivity index (χ0v) is 10.3. The molecule has 0 aliphatic carbocycles. The molecule has 0 radical (unpaired) electrons. The highest BCUT2D eigenvalue weighted by atomic mass is 16.4. The normalized spacial score (nSPS) is 13.5. The monoisotopic (exact) mass is 250 g/mol. The molecule has 2 heterocycles. The summed E-state index contributed by atoms with van der Waals surface area (Å²) >= 11 is 0. The van der Waals surface area contributed by atoms with Crippen LogP contribution in [0.3, 0.4) is 0 Å². The van der Waals surface area contributed by atoms with Crippen LogP contribution in [0.4, 0.5) is 0 Å². The van der Waals surface area contributed by atoms with Gasteiger partial charge in [0, 0.05) is 12.4 Å². The molecular formula is C10H14N6O2. The van der Waals surface area contributed by atoms with Gasteiger partial charge in [0.1, 0.15) is 6.04 Å². The van der Waals surface area contributed by atoms with Crippen LogP contribution in [-0.4, -0.2) is 41.1 Å². The predicted octanol–water partition coefficient (Wildman–Crippen LogP) is 0.299. The third kappa shape index (κ3) is 1.85. The van der Waals surface area contributed by atoms with E-state index in [1.54, 1.807) is 37.0 Å². The summed E-state index contributed by atoms with van der Waals surface area (Å²) in [6.45, 7) is 4.95. The van der Waals surface area contributed by atoms with E-state index in [-0.39, 0.29) is 6.04 Å². The maximum atomic E-state index is 11.2. The molecule has 0 fully saturated rings. The number of tetrazole rings is 1. The summed E-state index contributed by atoms with van der Waals surface area (Å²) in [5.41, 5.74) is -1.21. The van der Waals surface area contributed by atoms with Gasteiger partial charge >= 0.3 is 5.97 Å². The Kier molecular flexibility index (Phi) is 2.85. The minimum atomic E-state index is -1.21. The first kappa shape index (κ1) is 12.2. The molecule has 0 bridgehead atoms. The average molecular weight is 250 g/mol. The van der Waals surface area contributed by atoms with Gasteiger partial charge in [-0.2, -0.15) is 5.10 Å². The number of aliphatic carboxylic acids is 1. The van der Waals surface area contributed by atoms with Crippen LogP contribution in [0.2, 0.25) is 0 Å². The Morgan fingerprint density at radius 1 is 1.50 bits per heavy atom. The van der Waals surface area contributed by atoms with E-state index in [1.165, 1.54) is 4.68 Å². The minimum absolute atomic E-state index is 0.242. The van der Waals surface area contributed by atoms with E-state index in [0.717, 1.165) is 0 Å². The molecule has 2 aromatic rings. The Bertz CT molecular complexity index is 544. The van der Waals surface area contributed by atoms with Gasteiger partial charge in [-0.1, -0.05) is 0 Å². The highest BCUT2D eigenvalue weighted by Gasteiger charge is 2.35. The molecule has 1 unspecified atom stereocenters. The van der Waals surface area contributed by atoms with Crippen LogP contribution in [-0.2, 0) is 10.3 Å². The first-order valence-electron chi connectivity index (χ1n) is 5.46. The van der Waals surface area contributed by atoms with Crippen molar-refractivity contribution in [1.82, 2.24) is 30.0 Å². The summed E-state index contributed by atoms with van der Waals surface area (Å²) in [7, 11) is 0. The van der Waals surface area contributed by atoms with E-state index >= 15 is 0 Å². The van der Waals surface area contributed by atoms with Crippen molar-refractivity contribution in [2.24, 2.45) is 0 Å². The van der Waals surface area contributed by atoms with Crippen molar-refractivity contribution in [3.8, 4) is 0 Å². The molecule has 0 amide bonds. The number of hydrogen-bond acceptors (Lipinski definition) is 5. The molecule has 8 heteroatoms. The Morgan fingerprint density at radius 3 is 2.78 bits per heavy atom. The van der Waals surface area contributed by atoms with Crippen molar-refractivity contribution in [1.29, 1.82) is 0 Å². The van der Waals surface area contributed by atoms with Gasteiger partial charge in [-0.3, -0.25) is 4.68 Å². The predicted molar refractivity (Wildman–Crippen MR) is 60.8 cm³/mol. The zero-order chi connectivity index (χ0) is 13.3. The molecule has 0 spiro atoms. The molecule has 0 saturated heterocycles. The van der Waals surface area contributed by atoms with Crippen molar-refractivity contribution in [2.45, 2.75) is 32.4 Å². The number of carboxylic acid groups (broad SMARTS) is 1. The van der Waals surface area contributed by atoms with Crippen molar-refractivity contribution in [2.75, 3.05) is 0 Å². The smallest absolute Gasteiger partial charge is 0.331 e. The minimum Gasteiger partial charge on any atom is -0.479 e. The average Bonchev–Trinajstić information content (AvgIpc) is 2.99. The zero-order valence-electron chi connectivity index (χ0n) is 10.3. The van der Waals surface area contributed by atoms with Crippen LogP contribution in [0, 0.1) is 0 Å². The maximum absolute atomic E-state index is 11.2. The largest absolute Gasteiger partial charge is 0.479 e. The number of aromatic nitrogens is 6. The summed E-state index contributed by atoms with van der Waals surface area (Å²) in [5, 5.41) is 24.5. The molecule has 2 aromatic heterocycles. The molecule has 8 nitrogen and oxygen atoms in total. The lowest BCUT2D eigenvalue weighted by Gasteiger charge is -2.22. The molecule has 96 valence electrons. The summed E-state index contributed by atoms with van der Waals surface area (Å²) in [6, 6.07) is 1.54. The molecule has 1 N–H and O–H groups in total. The molecule has 0 aromatic carbocycles. The first-order valence-corrected chi connectivity index (χ1v) is 5.46. The van der Waals surface area contributed by atoms with Crippen molar-refractivity contribution < 1.29 is 9.90 Å². The molecular weight excluding hydrogens is 236 g/mol. The lowest BCUT2D eigenvalue weighted by atomic mass is 10.1. The van der Waals surface area contributed by atoms with Crippen LogP contribution in [0.25, 0.3) is 0 Å². The summed E-state index contributed by atoms with van der Waals surface area (Å²) in [6.07, 6.45) is 3.42. The summed E-state index contributed by atoms with van der Waals surface area (Å²) in [5.74, 6) is -0.546. The van der Waals surface area contributed by atoms with E-state index in [0.29, 0.717) is 5.82 Å². The fourth-order valence-electron chi connectivity index (χ4n) is 1.57. The molecule has 18 heavy (non-hydrogen) atoms.